The number of rotatable bonds is 8. The van der Waals surface area contributed by atoms with Gasteiger partial charge in [0.15, 0.2) is 11.5 Å². The summed E-state index contributed by atoms with van der Waals surface area (Å²) in [5.41, 5.74) is 1.97. The highest BCUT2D eigenvalue weighted by atomic mass is 16.6. The Hall–Kier alpha value is -3.33. The smallest absolute Gasteiger partial charge is 0.286 e. The highest BCUT2D eigenvalue weighted by Crippen LogP contribution is 2.35. The fraction of sp³-hybridized carbons (Fsp3) is 0.409. The molecule has 9 heteroatoms. The van der Waals surface area contributed by atoms with E-state index in [0.29, 0.717) is 32.8 Å². The van der Waals surface area contributed by atoms with Crippen LogP contribution in [0, 0.1) is 17.0 Å². The number of ether oxygens (including phenoxy) is 3. The molecule has 1 heterocycles. The number of hydrogen-bond donors (Lipinski definition) is 0. The Labute approximate surface area is 181 Å². The minimum absolute atomic E-state index is 0.00931. The van der Waals surface area contributed by atoms with E-state index in [1.54, 1.807) is 4.90 Å². The number of anilines is 1. The van der Waals surface area contributed by atoms with Gasteiger partial charge in [0, 0.05) is 45.0 Å². The number of aryl methyl sites for hydroxylation is 1. The van der Waals surface area contributed by atoms with E-state index in [9.17, 15) is 14.9 Å². The zero-order valence-corrected chi connectivity index (χ0v) is 18.0. The average molecular weight is 429 g/mol. The van der Waals surface area contributed by atoms with Gasteiger partial charge >= 0.3 is 0 Å². The van der Waals surface area contributed by atoms with E-state index in [0.717, 1.165) is 5.69 Å². The Morgan fingerprint density at radius 1 is 1.06 bits per heavy atom. The largest absolute Gasteiger partial charge is 0.493 e. The van der Waals surface area contributed by atoms with Gasteiger partial charge in [-0.15, -0.1) is 0 Å². The molecule has 0 unspecified atom stereocenters. The molecule has 166 valence electrons. The number of nitro benzene ring substituents is 1. The molecule has 9 nitrogen and oxygen atoms in total. The molecule has 31 heavy (non-hydrogen) atoms. The molecule has 0 spiro atoms. The summed E-state index contributed by atoms with van der Waals surface area (Å²) in [6.45, 7) is 4.81. The van der Waals surface area contributed by atoms with Crippen LogP contribution in [0.25, 0.3) is 0 Å². The molecule has 0 bridgehead atoms. The zero-order chi connectivity index (χ0) is 22.4. The maximum atomic E-state index is 13.1. The Kier molecular flexibility index (Phi) is 7.30. The molecule has 1 aliphatic rings. The molecule has 0 N–H and O–H groups in total. The fourth-order valence-electron chi connectivity index (χ4n) is 3.54. The number of piperazine rings is 1. The van der Waals surface area contributed by atoms with Crippen molar-refractivity contribution in [3.8, 4) is 11.5 Å². The van der Waals surface area contributed by atoms with Crippen LogP contribution in [-0.4, -0.2) is 69.3 Å². The van der Waals surface area contributed by atoms with E-state index in [-0.39, 0.29) is 29.4 Å². The Morgan fingerprint density at radius 2 is 1.81 bits per heavy atom. The lowest BCUT2D eigenvalue weighted by atomic mass is 10.1. The summed E-state index contributed by atoms with van der Waals surface area (Å²) in [4.78, 5) is 28.1. The maximum absolute atomic E-state index is 13.1. The Bertz CT molecular complexity index is 941. The molecule has 1 aliphatic heterocycles. The van der Waals surface area contributed by atoms with Gasteiger partial charge in [0.2, 0.25) is 0 Å². The van der Waals surface area contributed by atoms with Crippen molar-refractivity contribution in [2.24, 2.45) is 0 Å². The van der Waals surface area contributed by atoms with Gasteiger partial charge in [0.25, 0.3) is 11.6 Å². The number of hydrogen-bond acceptors (Lipinski definition) is 7. The predicted molar refractivity (Wildman–Crippen MR) is 116 cm³/mol. The molecule has 2 aromatic rings. The molecule has 1 saturated heterocycles. The maximum Gasteiger partial charge on any atom is 0.286 e. The predicted octanol–water partition coefficient (Wildman–Crippen LogP) is 2.90. The molecule has 0 radical (unpaired) electrons. The van der Waals surface area contributed by atoms with Crippen LogP contribution in [0.15, 0.2) is 36.4 Å². The molecule has 0 aromatic heterocycles. The molecule has 0 atom stereocenters. The SMILES string of the molecule is COCCOc1cc([N+](=O)[O-])c(C(=O)N2CCN(c3cccc(C)c3)CC2)cc1OC. The normalized spacial score (nSPS) is 13.8. The van der Waals surface area contributed by atoms with E-state index in [1.807, 2.05) is 25.1 Å². The number of benzene rings is 2. The first-order chi connectivity index (χ1) is 14.9. The van der Waals surface area contributed by atoms with Crippen molar-refractivity contribution in [3.63, 3.8) is 0 Å². The fourth-order valence-corrected chi connectivity index (χ4v) is 3.54. The Morgan fingerprint density at radius 3 is 2.42 bits per heavy atom. The van der Waals surface area contributed by atoms with Crippen LogP contribution in [-0.2, 0) is 4.74 Å². The standard InChI is InChI=1S/C22H27N3O6/c1-16-5-4-6-17(13-16)23-7-9-24(10-8-23)22(26)18-14-20(30-3)21(31-12-11-29-2)15-19(18)25(27)28/h4-6,13-15H,7-12H2,1-3H3. The molecule has 1 fully saturated rings. The summed E-state index contributed by atoms with van der Waals surface area (Å²) < 4.78 is 15.8. The monoisotopic (exact) mass is 429 g/mol. The van der Waals surface area contributed by atoms with Crippen LogP contribution in [0.1, 0.15) is 15.9 Å². The Balaban J connectivity index is 1.78. The van der Waals surface area contributed by atoms with Crippen molar-refractivity contribution < 1.29 is 23.9 Å². The van der Waals surface area contributed by atoms with Gasteiger partial charge in [-0.25, -0.2) is 0 Å². The van der Waals surface area contributed by atoms with Crippen LogP contribution in [0.2, 0.25) is 0 Å². The lowest BCUT2D eigenvalue weighted by molar-refractivity contribution is -0.385. The summed E-state index contributed by atoms with van der Waals surface area (Å²) in [5, 5.41) is 11.7. The molecular formula is C22H27N3O6. The van der Waals surface area contributed by atoms with Gasteiger partial charge < -0.3 is 24.0 Å². The molecular weight excluding hydrogens is 402 g/mol. The van der Waals surface area contributed by atoms with Crippen molar-refractivity contribution in [2.45, 2.75) is 6.92 Å². The van der Waals surface area contributed by atoms with Gasteiger partial charge in [0.05, 0.1) is 24.7 Å². The quantitative estimate of drug-likeness (QED) is 0.362. The van der Waals surface area contributed by atoms with Crippen molar-refractivity contribution >= 4 is 17.3 Å². The van der Waals surface area contributed by atoms with Gasteiger partial charge in [-0.1, -0.05) is 12.1 Å². The third kappa shape index (κ3) is 5.24. The number of carbonyl (C=O) groups is 1. The van der Waals surface area contributed by atoms with E-state index >= 15 is 0 Å². The number of nitrogens with zero attached hydrogens (tertiary/aromatic N) is 3. The lowest BCUT2D eigenvalue weighted by Gasteiger charge is -2.36. The van der Waals surface area contributed by atoms with Crippen molar-refractivity contribution in [1.82, 2.24) is 4.90 Å². The van der Waals surface area contributed by atoms with Crippen LogP contribution in [0.5, 0.6) is 11.5 Å². The third-order valence-electron chi connectivity index (χ3n) is 5.19. The molecule has 0 saturated carbocycles. The van der Waals surface area contributed by atoms with E-state index in [4.69, 9.17) is 14.2 Å². The van der Waals surface area contributed by atoms with E-state index in [1.165, 1.54) is 31.9 Å². The second-order valence-electron chi connectivity index (χ2n) is 7.24. The van der Waals surface area contributed by atoms with Gasteiger partial charge in [-0.2, -0.15) is 0 Å². The second kappa shape index (κ2) is 10.1. The van der Waals surface area contributed by atoms with Crippen LogP contribution >= 0.6 is 0 Å². The highest BCUT2D eigenvalue weighted by Gasteiger charge is 2.30. The first kappa shape index (κ1) is 22.4. The average Bonchev–Trinajstić information content (AvgIpc) is 2.78. The molecule has 3 rings (SSSR count). The van der Waals surface area contributed by atoms with Crippen LogP contribution < -0.4 is 14.4 Å². The molecule has 1 amide bonds. The zero-order valence-electron chi connectivity index (χ0n) is 18.0. The summed E-state index contributed by atoms with van der Waals surface area (Å²) in [6, 6.07) is 10.8. The van der Waals surface area contributed by atoms with Gasteiger partial charge in [-0.3, -0.25) is 14.9 Å². The van der Waals surface area contributed by atoms with Crippen LogP contribution in [0.3, 0.4) is 0 Å². The van der Waals surface area contributed by atoms with Crippen LogP contribution in [0.4, 0.5) is 11.4 Å². The molecule has 2 aromatic carbocycles. The summed E-state index contributed by atoms with van der Waals surface area (Å²) in [6.07, 6.45) is 0. The number of nitro groups is 1. The highest BCUT2D eigenvalue weighted by molar-refractivity contribution is 5.99. The minimum atomic E-state index is -0.571. The summed E-state index contributed by atoms with van der Waals surface area (Å²) in [5.74, 6) is 0.0767. The number of amides is 1. The first-order valence-corrected chi connectivity index (χ1v) is 10.0. The summed E-state index contributed by atoms with van der Waals surface area (Å²) >= 11 is 0. The number of carbonyl (C=O) groups excluding carboxylic acids is 1. The third-order valence-corrected chi connectivity index (χ3v) is 5.19. The van der Waals surface area contributed by atoms with Gasteiger partial charge in [0.1, 0.15) is 12.2 Å². The molecule has 0 aliphatic carbocycles. The van der Waals surface area contributed by atoms with E-state index in [2.05, 4.69) is 11.0 Å². The van der Waals surface area contributed by atoms with Crippen molar-refractivity contribution in [2.75, 3.05) is 58.5 Å². The first-order valence-electron chi connectivity index (χ1n) is 10.0. The second-order valence-corrected chi connectivity index (χ2v) is 7.24. The lowest BCUT2D eigenvalue weighted by Crippen LogP contribution is -2.48. The van der Waals surface area contributed by atoms with Gasteiger partial charge in [-0.05, 0) is 24.6 Å². The number of methoxy groups -OCH3 is 2. The van der Waals surface area contributed by atoms with Crippen molar-refractivity contribution in [3.05, 3.63) is 57.6 Å². The minimum Gasteiger partial charge on any atom is -0.493 e. The van der Waals surface area contributed by atoms with Crippen molar-refractivity contribution in [1.29, 1.82) is 0 Å². The van der Waals surface area contributed by atoms with E-state index < -0.39 is 10.8 Å². The topological polar surface area (TPSA) is 94.4 Å². The summed E-state index contributed by atoms with van der Waals surface area (Å²) in [7, 11) is 2.96.